The molecule has 1 aliphatic rings. The van der Waals surface area contributed by atoms with Gasteiger partial charge in [-0.3, -0.25) is 0 Å². The molecule has 5 heteroatoms. The van der Waals surface area contributed by atoms with Gasteiger partial charge in [-0.15, -0.1) is 15.3 Å². The second kappa shape index (κ2) is 6.10. The van der Waals surface area contributed by atoms with Crippen molar-refractivity contribution >= 4 is 11.5 Å². The summed E-state index contributed by atoms with van der Waals surface area (Å²) in [6, 6.07) is 4.75. The normalized spacial score (nSPS) is 19.7. The minimum absolute atomic E-state index is 0.0652. The molecule has 0 saturated carbocycles. The van der Waals surface area contributed by atoms with Gasteiger partial charge in [0.2, 0.25) is 0 Å². The molecule has 0 spiro atoms. The zero-order chi connectivity index (χ0) is 16.6. The van der Waals surface area contributed by atoms with Crippen LogP contribution in [0.2, 0.25) is 0 Å². The molecule has 1 saturated heterocycles. The van der Waals surface area contributed by atoms with Crippen molar-refractivity contribution in [1.29, 1.82) is 0 Å². The van der Waals surface area contributed by atoms with Crippen molar-refractivity contribution < 1.29 is 0 Å². The van der Waals surface area contributed by atoms with Crippen LogP contribution >= 0.6 is 0 Å². The van der Waals surface area contributed by atoms with Crippen LogP contribution in [-0.4, -0.2) is 32.4 Å². The smallest absolute Gasteiger partial charge is 0.178 e. The number of piperidine rings is 1. The van der Waals surface area contributed by atoms with Crippen LogP contribution in [0.5, 0.6) is 0 Å². The summed E-state index contributed by atoms with van der Waals surface area (Å²) < 4.78 is 1.93. The summed E-state index contributed by atoms with van der Waals surface area (Å²) in [6.07, 6.45) is 5.08. The Hall–Kier alpha value is -1.65. The topological polar surface area (TPSA) is 46.3 Å². The molecule has 5 nitrogen and oxygen atoms in total. The van der Waals surface area contributed by atoms with Gasteiger partial charge < -0.3 is 4.90 Å². The molecular formula is C18H29N5. The Morgan fingerprint density at radius 1 is 1.17 bits per heavy atom. The molecule has 1 aliphatic heterocycles. The highest BCUT2D eigenvalue weighted by molar-refractivity contribution is 5.47. The molecule has 126 valence electrons. The van der Waals surface area contributed by atoms with Crippen molar-refractivity contribution in [3.8, 4) is 0 Å². The maximum absolute atomic E-state index is 4.90. The van der Waals surface area contributed by atoms with E-state index in [1.807, 2.05) is 10.6 Å². The summed E-state index contributed by atoms with van der Waals surface area (Å²) >= 11 is 0. The Bertz CT molecular complexity index is 668. The Kier molecular flexibility index (Phi) is 4.30. The lowest BCUT2D eigenvalue weighted by Gasteiger charge is -2.37. The van der Waals surface area contributed by atoms with Gasteiger partial charge in [0.15, 0.2) is 11.5 Å². The van der Waals surface area contributed by atoms with Crippen molar-refractivity contribution in [3.05, 3.63) is 18.0 Å². The van der Waals surface area contributed by atoms with Crippen LogP contribution in [0, 0.1) is 5.92 Å². The fourth-order valence-electron chi connectivity index (χ4n) is 3.49. The van der Waals surface area contributed by atoms with E-state index in [9.17, 15) is 0 Å². The largest absolute Gasteiger partial charge is 0.352 e. The standard InChI is InChI=1S/C18H29N5/c1-13(2)12-14-8-6-7-11-22(14)16-10-9-15-19-20-17(18(3,4)5)23(15)21-16/h9-10,13-14H,6-8,11-12H2,1-5H3. The van der Waals surface area contributed by atoms with E-state index in [2.05, 4.69) is 55.8 Å². The first-order valence-electron chi connectivity index (χ1n) is 8.86. The number of rotatable bonds is 3. The molecule has 0 N–H and O–H groups in total. The minimum Gasteiger partial charge on any atom is -0.352 e. The lowest BCUT2D eigenvalue weighted by molar-refractivity contribution is 0.390. The van der Waals surface area contributed by atoms with Crippen molar-refractivity contribution in [2.24, 2.45) is 5.92 Å². The molecule has 23 heavy (non-hydrogen) atoms. The molecule has 1 unspecified atom stereocenters. The van der Waals surface area contributed by atoms with E-state index in [-0.39, 0.29) is 5.41 Å². The molecule has 3 rings (SSSR count). The average molecular weight is 315 g/mol. The van der Waals surface area contributed by atoms with Crippen LogP contribution in [0.1, 0.15) is 66.1 Å². The third-order valence-electron chi connectivity index (χ3n) is 4.58. The monoisotopic (exact) mass is 315 g/mol. The molecule has 2 aromatic rings. The van der Waals surface area contributed by atoms with E-state index < -0.39 is 0 Å². The van der Waals surface area contributed by atoms with Gasteiger partial charge in [0.1, 0.15) is 5.82 Å². The molecule has 0 amide bonds. The molecule has 1 atom stereocenters. The summed E-state index contributed by atoms with van der Waals surface area (Å²) in [7, 11) is 0. The predicted octanol–water partition coefficient (Wildman–Crippen LogP) is 3.83. The van der Waals surface area contributed by atoms with E-state index in [0.29, 0.717) is 12.0 Å². The van der Waals surface area contributed by atoms with Crippen molar-refractivity contribution in [3.63, 3.8) is 0 Å². The van der Waals surface area contributed by atoms with E-state index >= 15 is 0 Å². The van der Waals surface area contributed by atoms with Gasteiger partial charge in [0.25, 0.3) is 0 Å². The van der Waals surface area contributed by atoms with Gasteiger partial charge in [0.05, 0.1) is 0 Å². The van der Waals surface area contributed by atoms with Crippen molar-refractivity contribution in [2.75, 3.05) is 11.4 Å². The van der Waals surface area contributed by atoms with Gasteiger partial charge in [-0.25, -0.2) is 0 Å². The number of anilines is 1. The van der Waals surface area contributed by atoms with Crippen LogP contribution in [0.3, 0.4) is 0 Å². The van der Waals surface area contributed by atoms with Crippen LogP contribution in [0.15, 0.2) is 12.1 Å². The molecule has 1 fully saturated rings. The van der Waals surface area contributed by atoms with Gasteiger partial charge in [-0.1, -0.05) is 34.6 Å². The van der Waals surface area contributed by atoms with Gasteiger partial charge >= 0.3 is 0 Å². The highest BCUT2D eigenvalue weighted by Crippen LogP contribution is 2.28. The Morgan fingerprint density at radius 3 is 2.65 bits per heavy atom. The van der Waals surface area contributed by atoms with Gasteiger partial charge in [-0.05, 0) is 43.7 Å². The molecular weight excluding hydrogens is 286 g/mol. The van der Waals surface area contributed by atoms with Crippen molar-refractivity contribution in [1.82, 2.24) is 19.8 Å². The predicted molar refractivity (Wildman–Crippen MR) is 93.9 cm³/mol. The quantitative estimate of drug-likeness (QED) is 0.863. The number of hydrogen-bond donors (Lipinski definition) is 0. The highest BCUT2D eigenvalue weighted by atomic mass is 15.4. The fourth-order valence-corrected chi connectivity index (χ4v) is 3.49. The summed E-state index contributed by atoms with van der Waals surface area (Å²) in [6.45, 7) is 12.2. The maximum Gasteiger partial charge on any atom is 0.178 e. The number of fused-ring (bicyclic) bond motifs is 1. The third-order valence-corrected chi connectivity index (χ3v) is 4.58. The Labute approximate surface area is 139 Å². The lowest BCUT2D eigenvalue weighted by Crippen LogP contribution is -2.41. The highest BCUT2D eigenvalue weighted by Gasteiger charge is 2.26. The number of aromatic nitrogens is 4. The zero-order valence-electron chi connectivity index (χ0n) is 15.1. The second-order valence-corrected chi connectivity index (χ2v) is 8.21. The molecule has 0 radical (unpaired) electrons. The van der Waals surface area contributed by atoms with Crippen LogP contribution in [0.4, 0.5) is 5.82 Å². The zero-order valence-corrected chi connectivity index (χ0v) is 15.1. The van der Waals surface area contributed by atoms with Gasteiger partial charge in [-0.2, -0.15) is 4.52 Å². The van der Waals surface area contributed by atoms with Crippen LogP contribution in [0.25, 0.3) is 5.65 Å². The first kappa shape index (κ1) is 16.2. The molecule has 3 heterocycles. The summed E-state index contributed by atoms with van der Waals surface area (Å²) in [5, 5.41) is 13.5. The summed E-state index contributed by atoms with van der Waals surface area (Å²) in [5.74, 6) is 2.70. The lowest BCUT2D eigenvalue weighted by atomic mass is 9.94. The summed E-state index contributed by atoms with van der Waals surface area (Å²) in [4.78, 5) is 2.50. The first-order chi connectivity index (χ1) is 10.9. The van der Waals surface area contributed by atoms with E-state index in [4.69, 9.17) is 5.10 Å². The molecule has 0 aliphatic carbocycles. The summed E-state index contributed by atoms with van der Waals surface area (Å²) in [5.41, 5.74) is 0.765. The van der Waals surface area contributed by atoms with Crippen LogP contribution in [-0.2, 0) is 5.41 Å². The number of hydrogen-bond acceptors (Lipinski definition) is 4. The SMILES string of the molecule is CC(C)CC1CCCCN1c1ccc2nnc(C(C)(C)C)n2n1. The molecule has 0 bridgehead atoms. The Balaban J connectivity index is 1.98. The maximum atomic E-state index is 4.90. The molecule has 0 aromatic carbocycles. The van der Waals surface area contributed by atoms with E-state index in [1.54, 1.807) is 0 Å². The van der Waals surface area contributed by atoms with Crippen molar-refractivity contribution in [2.45, 2.75) is 71.8 Å². The van der Waals surface area contributed by atoms with E-state index in [1.165, 1.54) is 25.7 Å². The Morgan fingerprint density at radius 2 is 1.96 bits per heavy atom. The fraction of sp³-hybridized carbons (Fsp3) is 0.722. The second-order valence-electron chi connectivity index (χ2n) is 8.21. The average Bonchev–Trinajstić information content (AvgIpc) is 2.90. The third kappa shape index (κ3) is 3.33. The van der Waals surface area contributed by atoms with Gasteiger partial charge in [0, 0.05) is 18.0 Å². The molecule has 2 aromatic heterocycles. The van der Waals surface area contributed by atoms with E-state index in [0.717, 1.165) is 23.8 Å². The first-order valence-corrected chi connectivity index (χ1v) is 8.86. The number of nitrogens with zero attached hydrogens (tertiary/aromatic N) is 5. The van der Waals surface area contributed by atoms with Crippen LogP contribution < -0.4 is 4.90 Å². The minimum atomic E-state index is -0.0652.